The molecule has 0 saturated heterocycles. The number of non-ortho nitro benzene ring substituents is 1. The van der Waals surface area contributed by atoms with Crippen molar-refractivity contribution in [2.24, 2.45) is 0 Å². The fourth-order valence-corrected chi connectivity index (χ4v) is 4.31. The van der Waals surface area contributed by atoms with Crippen molar-refractivity contribution in [1.82, 2.24) is 4.90 Å². The molecule has 3 aromatic carbocycles. The van der Waals surface area contributed by atoms with Gasteiger partial charge in [-0.25, -0.2) is 13.2 Å². The number of sulfonamides is 1. The Morgan fingerprint density at radius 1 is 1.00 bits per heavy atom. The minimum Gasteiger partial charge on any atom is -0.452 e. The molecule has 0 unspecified atom stereocenters. The summed E-state index contributed by atoms with van der Waals surface area (Å²) in [6.07, 6.45) is 0. The van der Waals surface area contributed by atoms with Crippen molar-refractivity contribution < 1.29 is 27.7 Å². The number of likely N-dealkylation sites (N-methyl/N-ethyl adjacent to an activating group) is 1. The number of ether oxygens (including phenoxy) is 1. The highest BCUT2D eigenvalue weighted by molar-refractivity contribution is 7.92. The lowest BCUT2D eigenvalue weighted by Crippen LogP contribution is -2.34. The summed E-state index contributed by atoms with van der Waals surface area (Å²) >= 11 is 0. The van der Waals surface area contributed by atoms with Gasteiger partial charge in [0.15, 0.2) is 6.61 Å². The summed E-state index contributed by atoms with van der Waals surface area (Å²) in [4.78, 5) is 36.7. The molecule has 35 heavy (non-hydrogen) atoms. The van der Waals surface area contributed by atoms with Crippen molar-refractivity contribution in [1.29, 1.82) is 0 Å². The average molecular weight is 498 g/mol. The third kappa shape index (κ3) is 6.64. The molecule has 0 heterocycles. The Labute approximate surface area is 202 Å². The minimum absolute atomic E-state index is 0.0897. The first-order valence-corrected chi connectivity index (χ1v) is 12.0. The van der Waals surface area contributed by atoms with Gasteiger partial charge in [-0.05, 0) is 30.7 Å². The van der Waals surface area contributed by atoms with E-state index in [-0.39, 0.29) is 16.1 Å². The molecule has 0 aliphatic heterocycles. The van der Waals surface area contributed by atoms with Crippen LogP contribution in [0.4, 0.5) is 11.4 Å². The normalized spacial score (nSPS) is 10.9. The Balaban J connectivity index is 1.71. The van der Waals surface area contributed by atoms with E-state index in [1.165, 1.54) is 47.4 Å². The molecule has 0 spiro atoms. The predicted molar refractivity (Wildman–Crippen MR) is 128 cm³/mol. The standard InChI is InChI=1S/C24H23N3O7S/c1-2-26(16-18-9-4-3-5-10-18)23(28)17-34-24(29)21-13-6-7-14-22(21)25-35(32,33)20-12-8-11-19(15-20)27(30)31/h3-15,25H,2,16-17H2,1H3. The molecule has 11 heteroatoms. The van der Waals surface area contributed by atoms with E-state index in [1.807, 2.05) is 30.3 Å². The molecule has 0 aliphatic rings. The number of benzene rings is 3. The average Bonchev–Trinajstić information content (AvgIpc) is 2.86. The summed E-state index contributed by atoms with van der Waals surface area (Å²) in [5, 5.41) is 11.0. The van der Waals surface area contributed by atoms with Gasteiger partial charge in [-0.15, -0.1) is 0 Å². The number of hydrogen-bond acceptors (Lipinski definition) is 7. The zero-order chi connectivity index (χ0) is 25.4. The molecular formula is C24H23N3O7S. The van der Waals surface area contributed by atoms with E-state index in [1.54, 1.807) is 6.92 Å². The van der Waals surface area contributed by atoms with Gasteiger partial charge >= 0.3 is 5.97 Å². The second kappa shape index (κ2) is 11.3. The number of carbonyl (C=O) groups is 2. The number of nitro benzene ring substituents is 1. The predicted octanol–water partition coefficient (Wildman–Crippen LogP) is 3.60. The summed E-state index contributed by atoms with van der Waals surface area (Å²) in [7, 11) is -4.25. The SMILES string of the molecule is CCN(Cc1ccccc1)C(=O)COC(=O)c1ccccc1NS(=O)(=O)c1cccc([N+](=O)[O-])c1. The summed E-state index contributed by atoms with van der Waals surface area (Å²) < 4.78 is 33.0. The molecule has 182 valence electrons. The van der Waals surface area contributed by atoms with Gasteiger partial charge in [0.1, 0.15) is 0 Å². The van der Waals surface area contributed by atoms with Crippen molar-refractivity contribution in [2.45, 2.75) is 18.4 Å². The van der Waals surface area contributed by atoms with Gasteiger partial charge in [0.05, 0.1) is 21.1 Å². The molecule has 3 rings (SSSR count). The summed E-state index contributed by atoms with van der Waals surface area (Å²) in [5.41, 5.74) is 0.332. The Bertz CT molecular complexity index is 1330. The number of nitro groups is 1. The monoisotopic (exact) mass is 497 g/mol. The van der Waals surface area contributed by atoms with E-state index in [2.05, 4.69) is 4.72 Å². The molecule has 0 aromatic heterocycles. The number of nitrogens with zero attached hydrogens (tertiary/aromatic N) is 2. The lowest BCUT2D eigenvalue weighted by Gasteiger charge is -2.21. The first-order valence-electron chi connectivity index (χ1n) is 10.6. The van der Waals surface area contributed by atoms with E-state index < -0.39 is 39.1 Å². The molecule has 0 radical (unpaired) electrons. The highest BCUT2D eigenvalue weighted by atomic mass is 32.2. The third-order valence-corrected chi connectivity index (χ3v) is 6.37. The van der Waals surface area contributed by atoms with Crippen LogP contribution < -0.4 is 4.72 Å². The van der Waals surface area contributed by atoms with E-state index in [0.717, 1.165) is 11.6 Å². The van der Waals surface area contributed by atoms with Gasteiger partial charge in [-0.3, -0.25) is 19.6 Å². The number of anilines is 1. The lowest BCUT2D eigenvalue weighted by atomic mass is 10.2. The van der Waals surface area contributed by atoms with Crippen LogP contribution >= 0.6 is 0 Å². The molecule has 10 nitrogen and oxygen atoms in total. The maximum atomic E-state index is 12.8. The third-order valence-electron chi connectivity index (χ3n) is 5.01. The van der Waals surface area contributed by atoms with Crippen molar-refractivity contribution >= 4 is 33.3 Å². The first kappa shape index (κ1) is 25.4. The van der Waals surface area contributed by atoms with Crippen LogP contribution in [0.25, 0.3) is 0 Å². The van der Waals surface area contributed by atoms with Crippen LogP contribution in [0.3, 0.4) is 0 Å². The van der Waals surface area contributed by atoms with Crippen LogP contribution in [0.2, 0.25) is 0 Å². The summed E-state index contributed by atoms with van der Waals surface area (Å²) in [5.74, 6) is -1.30. The molecule has 0 bridgehead atoms. The molecule has 3 aromatic rings. The highest BCUT2D eigenvalue weighted by Crippen LogP contribution is 2.23. The topological polar surface area (TPSA) is 136 Å². The molecule has 0 saturated carbocycles. The van der Waals surface area contributed by atoms with Crippen LogP contribution in [0.5, 0.6) is 0 Å². The number of carbonyl (C=O) groups excluding carboxylic acids is 2. The maximum absolute atomic E-state index is 12.8. The largest absolute Gasteiger partial charge is 0.452 e. The van der Waals surface area contributed by atoms with Gasteiger partial charge in [0, 0.05) is 25.2 Å². The van der Waals surface area contributed by atoms with Crippen molar-refractivity contribution in [3.8, 4) is 0 Å². The second-order valence-electron chi connectivity index (χ2n) is 7.38. The van der Waals surface area contributed by atoms with Crippen molar-refractivity contribution in [3.05, 3.63) is 100 Å². The Hall–Kier alpha value is -4.25. The smallest absolute Gasteiger partial charge is 0.340 e. The van der Waals surface area contributed by atoms with Crippen molar-refractivity contribution in [3.63, 3.8) is 0 Å². The fraction of sp³-hybridized carbons (Fsp3) is 0.167. The molecule has 1 N–H and O–H groups in total. The minimum atomic E-state index is -4.25. The number of nitrogens with one attached hydrogen (secondary N) is 1. The summed E-state index contributed by atoms with van der Waals surface area (Å²) in [6.45, 7) is 2.05. The van der Waals surface area contributed by atoms with Crippen LogP contribution in [0, 0.1) is 10.1 Å². The summed E-state index contributed by atoms with van der Waals surface area (Å²) in [6, 6.07) is 19.6. The Kier molecular flexibility index (Phi) is 8.16. The number of hydrogen-bond donors (Lipinski definition) is 1. The van der Waals surface area contributed by atoms with Gasteiger partial charge in [0.2, 0.25) is 0 Å². The second-order valence-corrected chi connectivity index (χ2v) is 9.06. The van der Waals surface area contributed by atoms with E-state index >= 15 is 0 Å². The molecule has 0 aliphatic carbocycles. The fourth-order valence-electron chi connectivity index (χ4n) is 3.19. The van der Waals surface area contributed by atoms with Crippen LogP contribution in [0.1, 0.15) is 22.8 Å². The highest BCUT2D eigenvalue weighted by Gasteiger charge is 2.22. The van der Waals surface area contributed by atoms with E-state index in [9.17, 15) is 28.1 Å². The molecular weight excluding hydrogens is 474 g/mol. The van der Waals surface area contributed by atoms with Gasteiger partial charge < -0.3 is 9.64 Å². The van der Waals surface area contributed by atoms with E-state index in [0.29, 0.717) is 13.1 Å². The van der Waals surface area contributed by atoms with E-state index in [4.69, 9.17) is 4.74 Å². The lowest BCUT2D eigenvalue weighted by molar-refractivity contribution is -0.385. The Morgan fingerprint density at radius 2 is 1.69 bits per heavy atom. The van der Waals surface area contributed by atoms with Crippen LogP contribution in [-0.2, 0) is 26.1 Å². The molecule has 0 fully saturated rings. The van der Waals surface area contributed by atoms with Crippen LogP contribution in [-0.4, -0.2) is 43.3 Å². The van der Waals surface area contributed by atoms with Gasteiger partial charge in [-0.1, -0.05) is 48.5 Å². The Morgan fingerprint density at radius 3 is 2.37 bits per heavy atom. The number of amides is 1. The first-order chi connectivity index (χ1) is 16.7. The van der Waals surface area contributed by atoms with Crippen molar-refractivity contribution in [2.75, 3.05) is 17.9 Å². The number of rotatable bonds is 10. The molecule has 0 atom stereocenters. The quantitative estimate of drug-likeness (QED) is 0.257. The zero-order valence-corrected chi connectivity index (χ0v) is 19.6. The van der Waals surface area contributed by atoms with Gasteiger partial charge in [-0.2, -0.15) is 0 Å². The number of esters is 1. The number of para-hydroxylation sites is 1. The van der Waals surface area contributed by atoms with Crippen LogP contribution in [0.15, 0.2) is 83.8 Å². The maximum Gasteiger partial charge on any atom is 0.340 e. The zero-order valence-electron chi connectivity index (χ0n) is 18.8. The molecule has 1 amide bonds. The van der Waals surface area contributed by atoms with Gasteiger partial charge in [0.25, 0.3) is 21.6 Å².